The van der Waals surface area contributed by atoms with Gasteiger partial charge in [0.05, 0.1) is 17.1 Å². The fraction of sp³-hybridized carbons (Fsp3) is 0.417. The zero-order chi connectivity index (χ0) is 14.0. The van der Waals surface area contributed by atoms with Gasteiger partial charge in [-0.3, -0.25) is 4.68 Å². The number of aromatic carboxylic acids is 1. The van der Waals surface area contributed by atoms with Crippen LogP contribution in [-0.4, -0.2) is 42.8 Å². The van der Waals surface area contributed by atoms with Gasteiger partial charge in [0.2, 0.25) is 0 Å². The maximum Gasteiger partial charge on any atom is 0.338 e. The van der Waals surface area contributed by atoms with Crippen LogP contribution in [0, 0.1) is 0 Å². The number of rotatable bonds is 5. The van der Waals surface area contributed by atoms with Crippen LogP contribution in [0.25, 0.3) is 11.0 Å². The molecule has 0 saturated heterocycles. The fourth-order valence-electron chi connectivity index (χ4n) is 1.79. The number of carboxylic acid groups (broad SMARTS) is 1. The highest BCUT2D eigenvalue weighted by atomic mass is 32.2. The number of thioether (sulfide) groups is 1. The average molecular weight is 281 g/mol. The molecule has 2 aromatic heterocycles. The largest absolute Gasteiger partial charge is 0.478 e. The zero-order valence-electron chi connectivity index (χ0n) is 10.7. The maximum atomic E-state index is 11.3. The summed E-state index contributed by atoms with van der Waals surface area (Å²) in [6, 6.07) is 0. The van der Waals surface area contributed by atoms with Gasteiger partial charge in [0, 0.05) is 30.0 Å². The molecule has 0 spiro atoms. The van der Waals surface area contributed by atoms with Crippen molar-refractivity contribution in [2.75, 3.05) is 6.61 Å². The van der Waals surface area contributed by atoms with E-state index in [0.29, 0.717) is 17.0 Å². The minimum atomic E-state index is -1.00. The van der Waals surface area contributed by atoms with Crippen LogP contribution in [0.3, 0.4) is 0 Å². The summed E-state index contributed by atoms with van der Waals surface area (Å²) in [5, 5.41) is 23.2. The number of pyridine rings is 1. The lowest BCUT2D eigenvalue weighted by atomic mass is 10.2. The van der Waals surface area contributed by atoms with Gasteiger partial charge in [-0.05, 0) is 6.42 Å². The van der Waals surface area contributed by atoms with Crippen molar-refractivity contribution in [3.8, 4) is 0 Å². The van der Waals surface area contributed by atoms with E-state index in [-0.39, 0.29) is 17.4 Å². The summed E-state index contributed by atoms with van der Waals surface area (Å²) < 4.78 is 1.61. The second-order valence-electron chi connectivity index (χ2n) is 4.25. The van der Waals surface area contributed by atoms with Crippen LogP contribution in [0.2, 0.25) is 0 Å². The summed E-state index contributed by atoms with van der Waals surface area (Å²) in [4.78, 5) is 16.1. The van der Waals surface area contributed by atoms with Gasteiger partial charge in [0.1, 0.15) is 0 Å². The standard InChI is InChI=1S/C12H15N3O3S/c1-7(3-4-16)19-10-8-6-14-15(2)11(8)13-5-9(10)12(17)18/h5-7,16H,3-4H2,1-2H3,(H,17,18). The van der Waals surface area contributed by atoms with Crippen molar-refractivity contribution in [3.05, 3.63) is 18.0 Å². The predicted octanol–water partition coefficient (Wildman–Crippen LogP) is 1.53. The van der Waals surface area contributed by atoms with E-state index >= 15 is 0 Å². The molecule has 2 aromatic rings. The molecule has 0 bridgehead atoms. The second kappa shape index (κ2) is 5.58. The molecule has 2 heterocycles. The molecule has 1 atom stereocenters. The Morgan fingerprint density at radius 1 is 1.53 bits per heavy atom. The SMILES string of the molecule is CC(CCO)Sc1c(C(=O)O)cnc2c1cnn2C. The lowest BCUT2D eigenvalue weighted by molar-refractivity contribution is 0.0693. The van der Waals surface area contributed by atoms with Crippen LogP contribution in [0.4, 0.5) is 0 Å². The van der Waals surface area contributed by atoms with Crippen LogP contribution in [0.1, 0.15) is 23.7 Å². The van der Waals surface area contributed by atoms with Crippen LogP contribution in [-0.2, 0) is 7.05 Å². The number of hydrogen-bond donors (Lipinski definition) is 2. The molecule has 0 radical (unpaired) electrons. The average Bonchev–Trinajstić information content (AvgIpc) is 2.72. The Morgan fingerprint density at radius 3 is 2.89 bits per heavy atom. The molecule has 2 rings (SSSR count). The van der Waals surface area contributed by atoms with Crippen molar-refractivity contribution in [1.29, 1.82) is 0 Å². The van der Waals surface area contributed by atoms with E-state index < -0.39 is 5.97 Å². The molecule has 0 aromatic carbocycles. The Bertz CT molecular complexity index is 612. The molecule has 0 fully saturated rings. The summed E-state index contributed by atoms with van der Waals surface area (Å²) in [5.74, 6) is -1.00. The van der Waals surface area contributed by atoms with Crippen molar-refractivity contribution in [1.82, 2.24) is 14.8 Å². The molecule has 0 amide bonds. The number of aliphatic hydroxyl groups is 1. The molecule has 0 aliphatic rings. The van der Waals surface area contributed by atoms with E-state index in [2.05, 4.69) is 10.1 Å². The monoisotopic (exact) mass is 281 g/mol. The summed E-state index contributed by atoms with van der Waals surface area (Å²) in [6.07, 6.45) is 3.59. The van der Waals surface area contributed by atoms with Crippen LogP contribution in [0.15, 0.2) is 17.3 Å². The summed E-state index contributed by atoms with van der Waals surface area (Å²) in [6.45, 7) is 2.03. The molecule has 0 aliphatic heterocycles. The normalized spacial score (nSPS) is 12.8. The van der Waals surface area contributed by atoms with Gasteiger partial charge in [0.25, 0.3) is 0 Å². The number of hydrogen-bond acceptors (Lipinski definition) is 5. The van der Waals surface area contributed by atoms with Crippen LogP contribution in [0.5, 0.6) is 0 Å². The van der Waals surface area contributed by atoms with E-state index in [1.807, 2.05) is 6.92 Å². The molecule has 102 valence electrons. The molecule has 0 saturated carbocycles. The third kappa shape index (κ3) is 2.71. The molecular formula is C12H15N3O3S. The van der Waals surface area contributed by atoms with Crippen molar-refractivity contribution in [3.63, 3.8) is 0 Å². The van der Waals surface area contributed by atoms with E-state index in [0.717, 1.165) is 5.39 Å². The van der Waals surface area contributed by atoms with E-state index in [9.17, 15) is 9.90 Å². The molecule has 6 nitrogen and oxygen atoms in total. The summed E-state index contributed by atoms with van der Waals surface area (Å²) in [5.41, 5.74) is 0.832. The van der Waals surface area contributed by atoms with E-state index in [1.165, 1.54) is 18.0 Å². The lowest BCUT2D eigenvalue weighted by Crippen LogP contribution is -2.05. The van der Waals surface area contributed by atoms with Gasteiger partial charge in [-0.2, -0.15) is 5.10 Å². The smallest absolute Gasteiger partial charge is 0.338 e. The van der Waals surface area contributed by atoms with Gasteiger partial charge in [-0.1, -0.05) is 6.92 Å². The van der Waals surface area contributed by atoms with Crippen molar-refractivity contribution >= 4 is 28.8 Å². The lowest BCUT2D eigenvalue weighted by Gasteiger charge is -2.12. The van der Waals surface area contributed by atoms with Gasteiger partial charge in [-0.15, -0.1) is 11.8 Å². The first-order valence-electron chi connectivity index (χ1n) is 5.86. The molecule has 1 unspecified atom stereocenters. The third-order valence-corrected chi connectivity index (χ3v) is 4.11. The Balaban J connectivity index is 2.52. The van der Waals surface area contributed by atoms with Gasteiger partial charge >= 0.3 is 5.97 Å². The van der Waals surface area contributed by atoms with Crippen LogP contribution >= 0.6 is 11.8 Å². The first kappa shape index (κ1) is 13.8. The Morgan fingerprint density at radius 2 is 2.26 bits per heavy atom. The van der Waals surface area contributed by atoms with E-state index in [1.54, 1.807) is 17.9 Å². The quantitative estimate of drug-likeness (QED) is 0.808. The Hall–Kier alpha value is -1.60. The van der Waals surface area contributed by atoms with Crippen molar-refractivity contribution in [2.24, 2.45) is 7.05 Å². The topological polar surface area (TPSA) is 88.2 Å². The number of carboxylic acids is 1. The van der Waals surface area contributed by atoms with Gasteiger partial charge in [0.15, 0.2) is 5.65 Å². The number of aromatic nitrogens is 3. The predicted molar refractivity (Wildman–Crippen MR) is 72.5 cm³/mol. The number of aryl methyl sites for hydroxylation is 1. The first-order valence-corrected chi connectivity index (χ1v) is 6.74. The summed E-state index contributed by atoms with van der Waals surface area (Å²) >= 11 is 1.43. The van der Waals surface area contributed by atoms with Crippen LogP contribution < -0.4 is 0 Å². The van der Waals surface area contributed by atoms with Crippen molar-refractivity contribution in [2.45, 2.75) is 23.5 Å². The highest BCUT2D eigenvalue weighted by molar-refractivity contribution is 8.00. The zero-order valence-corrected chi connectivity index (χ0v) is 11.5. The molecule has 7 heteroatoms. The van der Waals surface area contributed by atoms with Gasteiger partial charge in [-0.25, -0.2) is 9.78 Å². The van der Waals surface area contributed by atoms with Crippen molar-refractivity contribution < 1.29 is 15.0 Å². The molecule has 0 aliphatic carbocycles. The molecular weight excluding hydrogens is 266 g/mol. The summed E-state index contributed by atoms with van der Waals surface area (Å²) in [7, 11) is 1.77. The fourth-order valence-corrected chi connectivity index (χ4v) is 2.96. The maximum absolute atomic E-state index is 11.3. The number of carbonyl (C=O) groups is 1. The molecule has 19 heavy (non-hydrogen) atoms. The first-order chi connectivity index (χ1) is 9.04. The molecule has 2 N–H and O–H groups in total. The second-order valence-corrected chi connectivity index (χ2v) is 5.70. The Labute approximate surface area is 114 Å². The minimum absolute atomic E-state index is 0.0812. The van der Waals surface area contributed by atoms with E-state index in [4.69, 9.17) is 5.11 Å². The number of nitrogens with zero attached hydrogens (tertiary/aromatic N) is 3. The Kier molecular flexibility index (Phi) is 4.06. The number of fused-ring (bicyclic) bond motifs is 1. The number of aliphatic hydroxyl groups excluding tert-OH is 1. The third-order valence-electron chi connectivity index (χ3n) is 2.80. The van der Waals surface area contributed by atoms with Gasteiger partial charge < -0.3 is 10.2 Å². The highest BCUT2D eigenvalue weighted by Gasteiger charge is 2.19. The minimum Gasteiger partial charge on any atom is -0.478 e. The highest BCUT2D eigenvalue weighted by Crippen LogP contribution is 2.33.